The van der Waals surface area contributed by atoms with Gasteiger partial charge in [0.25, 0.3) is 0 Å². The van der Waals surface area contributed by atoms with Gasteiger partial charge in [-0.1, -0.05) is 66.2 Å². The lowest BCUT2D eigenvalue weighted by Crippen LogP contribution is -2.57. The number of alkyl halides is 2. The number of likely N-dealkylation sites (tertiary alicyclic amines) is 1. The molecule has 8 heteroatoms. The van der Waals surface area contributed by atoms with E-state index in [1.54, 1.807) is 25.1 Å². The first-order valence-corrected chi connectivity index (χ1v) is 12.8. The lowest BCUT2D eigenvalue weighted by atomic mass is 9.54. The lowest BCUT2D eigenvalue weighted by Gasteiger charge is -2.54. The van der Waals surface area contributed by atoms with Crippen LogP contribution in [0.4, 0.5) is 5.69 Å². The van der Waals surface area contributed by atoms with E-state index < -0.39 is 33.4 Å². The first-order valence-electron chi connectivity index (χ1n) is 11.7. The molecule has 182 valence electrons. The van der Waals surface area contributed by atoms with E-state index in [4.69, 9.17) is 34.8 Å². The van der Waals surface area contributed by atoms with Gasteiger partial charge in [-0.25, -0.2) is 0 Å². The zero-order valence-corrected chi connectivity index (χ0v) is 21.5. The summed E-state index contributed by atoms with van der Waals surface area (Å²) in [5, 5.41) is 3.35. The third-order valence-corrected chi connectivity index (χ3v) is 9.47. The molecule has 5 nitrogen and oxygen atoms in total. The van der Waals surface area contributed by atoms with Crippen molar-refractivity contribution in [2.24, 2.45) is 11.8 Å². The van der Waals surface area contributed by atoms with E-state index in [1.807, 2.05) is 48.5 Å². The highest BCUT2D eigenvalue weighted by molar-refractivity contribution is 6.36. The molecule has 1 saturated heterocycles. The molecule has 1 aliphatic heterocycles. The van der Waals surface area contributed by atoms with Crippen LogP contribution in [0.15, 0.2) is 66.7 Å². The molecular formula is C28H21Cl3N2O3. The average molecular weight is 540 g/mol. The Morgan fingerprint density at radius 2 is 1.31 bits per heavy atom. The Balaban J connectivity index is 1.34. The third kappa shape index (κ3) is 2.94. The molecule has 0 saturated carbocycles. The van der Waals surface area contributed by atoms with Crippen molar-refractivity contribution in [2.75, 3.05) is 11.9 Å². The van der Waals surface area contributed by atoms with E-state index in [0.29, 0.717) is 10.7 Å². The fourth-order valence-electron chi connectivity index (χ4n) is 6.11. The molecule has 1 heterocycles. The summed E-state index contributed by atoms with van der Waals surface area (Å²) in [5.41, 5.74) is 4.32. The largest absolute Gasteiger partial charge is 0.326 e. The van der Waals surface area contributed by atoms with Crippen LogP contribution in [0, 0.1) is 18.8 Å². The van der Waals surface area contributed by atoms with Crippen molar-refractivity contribution in [3.05, 3.63) is 99.6 Å². The van der Waals surface area contributed by atoms with Crippen molar-refractivity contribution in [3.63, 3.8) is 0 Å². The summed E-state index contributed by atoms with van der Waals surface area (Å²) in [6.45, 7) is 1.74. The van der Waals surface area contributed by atoms with Gasteiger partial charge in [0.1, 0.15) is 9.75 Å². The second kappa shape index (κ2) is 8.07. The number of halogens is 3. The fraction of sp³-hybridized carbons (Fsp3) is 0.250. The number of rotatable bonds is 4. The predicted molar refractivity (Wildman–Crippen MR) is 139 cm³/mol. The van der Waals surface area contributed by atoms with Crippen molar-refractivity contribution >= 4 is 58.2 Å². The number of carbonyl (C=O) groups is 3. The van der Waals surface area contributed by atoms with Gasteiger partial charge in [0.05, 0.1) is 11.8 Å². The van der Waals surface area contributed by atoms with Gasteiger partial charge in [-0.2, -0.15) is 0 Å². The number of imide groups is 1. The molecule has 0 unspecified atom stereocenters. The molecule has 1 fully saturated rings. The van der Waals surface area contributed by atoms with Gasteiger partial charge in [0, 0.05) is 23.7 Å². The molecule has 36 heavy (non-hydrogen) atoms. The molecule has 0 aromatic heterocycles. The zero-order valence-electron chi connectivity index (χ0n) is 19.2. The van der Waals surface area contributed by atoms with Gasteiger partial charge in [-0.3, -0.25) is 19.3 Å². The van der Waals surface area contributed by atoms with Gasteiger partial charge in [0.2, 0.25) is 17.7 Å². The summed E-state index contributed by atoms with van der Waals surface area (Å²) in [6, 6.07) is 20.2. The Morgan fingerprint density at radius 3 is 1.78 bits per heavy atom. The average Bonchev–Trinajstić information content (AvgIpc) is 3.14. The SMILES string of the molecule is Cc1c(Cl)cccc1NC(=O)CCN1C(=O)[C@@H]2[C@@H](C1=O)C1(Cl)c3ccccc3C2(Cl)c2ccccc21. The number of nitrogens with zero attached hydrogens (tertiary/aromatic N) is 1. The van der Waals surface area contributed by atoms with Crippen LogP contribution in [0.25, 0.3) is 0 Å². The highest BCUT2D eigenvalue weighted by atomic mass is 35.5. The minimum absolute atomic E-state index is 0.0622. The number of benzene rings is 3. The first-order chi connectivity index (χ1) is 17.2. The number of amides is 3. The predicted octanol–water partition coefficient (Wildman–Crippen LogP) is 5.57. The lowest BCUT2D eigenvalue weighted by molar-refractivity contribution is -0.140. The molecule has 3 amide bonds. The Morgan fingerprint density at radius 1 is 0.833 bits per heavy atom. The number of nitrogens with one attached hydrogen (secondary N) is 1. The van der Waals surface area contributed by atoms with Crippen LogP contribution in [0.2, 0.25) is 5.02 Å². The van der Waals surface area contributed by atoms with E-state index in [1.165, 1.54) is 0 Å². The maximum absolute atomic E-state index is 13.8. The first kappa shape index (κ1) is 23.5. The maximum atomic E-state index is 13.8. The number of hydrogen-bond donors (Lipinski definition) is 1. The van der Waals surface area contributed by atoms with Gasteiger partial charge in [-0.15, -0.1) is 23.2 Å². The smallest absolute Gasteiger partial charge is 0.235 e. The van der Waals surface area contributed by atoms with Gasteiger partial charge in [0.15, 0.2) is 0 Å². The molecule has 3 aliphatic carbocycles. The summed E-state index contributed by atoms with van der Waals surface area (Å²) < 4.78 is 0. The number of carbonyl (C=O) groups excluding carboxylic acids is 3. The summed E-state index contributed by atoms with van der Waals surface area (Å²) in [7, 11) is 0. The fourth-order valence-corrected chi connectivity index (χ4v) is 7.39. The quantitative estimate of drug-likeness (QED) is 0.348. The molecule has 3 aromatic carbocycles. The van der Waals surface area contributed by atoms with E-state index in [2.05, 4.69) is 5.32 Å². The van der Waals surface area contributed by atoms with Crippen molar-refractivity contribution in [1.82, 2.24) is 4.90 Å². The number of anilines is 1. The Bertz CT molecular complexity index is 1350. The molecule has 4 aliphatic rings. The van der Waals surface area contributed by atoms with Crippen LogP contribution in [0.3, 0.4) is 0 Å². The van der Waals surface area contributed by atoms with E-state index in [9.17, 15) is 14.4 Å². The highest BCUT2D eigenvalue weighted by Crippen LogP contribution is 2.69. The van der Waals surface area contributed by atoms with Crippen molar-refractivity contribution < 1.29 is 14.4 Å². The van der Waals surface area contributed by atoms with Crippen LogP contribution in [0.1, 0.15) is 34.2 Å². The Hall–Kier alpha value is -2.86. The standard InChI is InChI=1S/C28H21Cl3N2O3/c1-15-20(29)11-6-12-21(15)32-22(34)13-14-33-25(35)23-24(26(33)36)28(31)17-8-3-2-7-16(17)27(23,30)18-9-4-5-10-19(18)28/h2-12,23-24H,13-14H2,1H3,(H,32,34)/t23-,24-,27?,28?/m0/s1. The molecular weight excluding hydrogens is 519 g/mol. The molecule has 3 aromatic rings. The van der Waals surface area contributed by atoms with Gasteiger partial charge >= 0.3 is 0 Å². The zero-order chi connectivity index (χ0) is 25.4. The molecule has 0 spiro atoms. The molecule has 2 atom stereocenters. The topological polar surface area (TPSA) is 66.5 Å². The van der Waals surface area contributed by atoms with Gasteiger partial charge < -0.3 is 5.32 Å². The summed E-state index contributed by atoms with van der Waals surface area (Å²) in [5.74, 6) is -2.87. The second-order valence-electron chi connectivity index (χ2n) is 9.51. The van der Waals surface area contributed by atoms with E-state index in [0.717, 1.165) is 32.7 Å². The van der Waals surface area contributed by atoms with Crippen LogP contribution < -0.4 is 5.32 Å². The van der Waals surface area contributed by atoms with E-state index in [-0.39, 0.29) is 18.9 Å². The monoisotopic (exact) mass is 538 g/mol. The Labute approximate surface area is 223 Å². The molecule has 1 N–H and O–H groups in total. The normalized spacial score (nSPS) is 27.5. The van der Waals surface area contributed by atoms with Crippen LogP contribution in [-0.4, -0.2) is 29.2 Å². The summed E-state index contributed by atoms with van der Waals surface area (Å²) >= 11 is 20.9. The van der Waals surface area contributed by atoms with Crippen molar-refractivity contribution in [1.29, 1.82) is 0 Å². The van der Waals surface area contributed by atoms with Crippen molar-refractivity contribution in [3.8, 4) is 0 Å². The van der Waals surface area contributed by atoms with Crippen LogP contribution >= 0.6 is 34.8 Å². The minimum Gasteiger partial charge on any atom is -0.326 e. The van der Waals surface area contributed by atoms with Gasteiger partial charge in [-0.05, 0) is 46.9 Å². The Kier molecular flexibility index (Phi) is 5.28. The maximum Gasteiger partial charge on any atom is 0.235 e. The van der Waals surface area contributed by atoms with Crippen LogP contribution in [-0.2, 0) is 24.1 Å². The number of hydrogen-bond acceptors (Lipinski definition) is 3. The highest BCUT2D eigenvalue weighted by Gasteiger charge is 2.72. The minimum atomic E-state index is -1.23. The van der Waals surface area contributed by atoms with Crippen LogP contribution in [0.5, 0.6) is 0 Å². The second-order valence-corrected chi connectivity index (χ2v) is 11.1. The molecule has 0 radical (unpaired) electrons. The summed E-state index contributed by atoms with van der Waals surface area (Å²) in [4.78, 5) is 39.0. The summed E-state index contributed by atoms with van der Waals surface area (Å²) in [6.07, 6.45) is -0.0622. The molecule has 2 bridgehead atoms. The molecule has 7 rings (SSSR count). The van der Waals surface area contributed by atoms with E-state index >= 15 is 0 Å². The third-order valence-electron chi connectivity index (χ3n) is 7.78. The van der Waals surface area contributed by atoms with Crippen molar-refractivity contribution in [2.45, 2.75) is 23.1 Å².